The van der Waals surface area contributed by atoms with E-state index in [0.29, 0.717) is 0 Å². The zero-order chi connectivity index (χ0) is 26.0. The lowest BCUT2D eigenvalue weighted by atomic mass is 10.1. The molecule has 0 spiro atoms. The Bertz CT molecular complexity index is 452. The van der Waals surface area contributed by atoms with Crippen molar-refractivity contribution in [3.8, 4) is 0 Å². The van der Waals surface area contributed by atoms with Crippen LogP contribution in [0.25, 0.3) is 0 Å². The van der Waals surface area contributed by atoms with E-state index in [1.165, 1.54) is 119 Å². The van der Waals surface area contributed by atoms with E-state index in [1.54, 1.807) is 0 Å². The molecule has 0 fully saturated rings. The minimum atomic E-state index is 0. The van der Waals surface area contributed by atoms with Crippen molar-refractivity contribution in [2.75, 3.05) is 109 Å². The van der Waals surface area contributed by atoms with E-state index in [9.17, 15) is 0 Å². The molecule has 0 aromatic carbocycles. The predicted octanol–water partition coefficient (Wildman–Crippen LogP) is -2.93. The highest BCUT2D eigenvalue weighted by Gasteiger charge is 2.23. The molecule has 4 nitrogen and oxygen atoms in total. The molecule has 0 rings (SSSR count). The monoisotopic (exact) mass is 782 g/mol. The summed E-state index contributed by atoms with van der Waals surface area (Å²) in [5, 5.41) is 0. The summed E-state index contributed by atoms with van der Waals surface area (Å²) in [5.74, 6) is 0. The summed E-state index contributed by atoms with van der Waals surface area (Å²) in [6.45, 7) is 19.9. The van der Waals surface area contributed by atoms with Crippen LogP contribution in [-0.4, -0.2) is 127 Å². The average molecular weight is 786 g/mol. The van der Waals surface area contributed by atoms with Gasteiger partial charge in [-0.1, -0.05) is 76.7 Å². The molecule has 0 aliphatic carbocycles. The van der Waals surface area contributed by atoms with Gasteiger partial charge < -0.3 is 76.7 Å². The molecule has 0 unspecified atom stereocenters. The number of halogens is 4. The van der Waals surface area contributed by atoms with Crippen LogP contribution in [0.15, 0.2) is 0 Å². The third kappa shape index (κ3) is 51.0. The quantitative estimate of drug-likeness (QED) is 0.0974. The fraction of sp³-hybridized carbons (Fsp3) is 1.00. The van der Waals surface area contributed by atoms with E-state index >= 15 is 0 Å². The third-order valence-corrected chi connectivity index (χ3v) is 7.25. The number of quaternary nitrogens is 4. The smallest absolute Gasteiger partial charge is 0.0840 e. The van der Waals surface area contributed by atoms with Crippen molar-refractivity contribution in [2.24, 2.45) is 0 Å². The zero-order valence-corrected chi connectivity index (χ0v) is 32.0. The summed E-state index contributed by atoms with van der Waals surface area (Å²) in [6, 6.07) is 0. The summed E-state index contributed by atoms with van der Waals surface area (Å²) < 4.78 is 4.72. The van der Waals surface area contributed by atoms with Gasteiger partial charge in [0, 0.05) is 12.8 Å². The Morgan fingerprint density at radius 2 is 0.667 bits per heavy atom. The second-order valence-electron chi connectivity index (χ2n) is 13.3. The molecule has 0 atom stereocenters. The van der Waals surface area contributed by atoms with Crippen LogP contribution >= 0.6 is 0 Å². The Morgan fingerprint density at radius 1 is 0.357 bits per heavy atom. The molecule has 0 radical (unpaired) electrons. The summed E-state index contributed by atoms with van der Waals surface area (Å²) in [7, 11) is 18.5. The standard InChI is InChI=1S/C15H36N2.C14H34N2.5CH4.2BrH.2ClH/c1-7-8-9-10-11-14-17(5,6)15-12-13-16(2,3)4;1-7-10-13-16(8-2,9-3)14-11-12-15(4,5)6;;;;;;;;;/h7-15H2,1-6H3;7-14H2,1-6H3;5*1H4;4*1H/q2*+2;;;;;;;;;/p-4. The van der Waals surface area contributed by atoms with Crippen LogP contribution in [-0.2, 0) is 0 Å². The Balaban J connectivity index is -0.0000000419. The van der Waals surface area contributed by atoms with Gasteiger partial charge in [0.1, 0.15) is 0 Å². The van der Waals surface area contributed by atoms with Crippen LogP contribution in [0.3, 0.4) is 0 Å². The highest BCUT2D eigenvalue weighted by molar-refractivity contribution is 4.45. The highest BCUT2D eigenvalue weighted by Crippen LogP contribution is 2.11. The van der Waals surface area contributed by atoms with Gasteiger partial charge >= 0.3 is 0 Å². The lowest BCUT2D eigenvalue weighted by Crippen LogP contribution is -3.00. The first-order chi connectivity index (χ1) is 15.2. The molecule has 42 heavy (non-hydrogen) atoms. The zero-order valence-electron chi connectivity index (χ0n) is 27.3. The molecule has 274 valence electrons. The van der Waals surface area contributed by atoms with E-state index in [2.05, 4.69) is 84.1 Å². The SMILES string of the molecule is C.C.C.C.C.CCCCCCC[N+](C)(C)CCC[N+](C)(C)C.CCCC[N+](CC)(CC)CCC[N+](C)(C)C.[Br-].[Br-].[Cl-].[Cl-]. The lowest BCUT2D eigenvalue weighted by molar-refractivity contribution is -0.930. The largest absolute Gasteiger partial charge is 1.00 e. The maximum Gasteiger partial charge on any atom is 0.0840 e. The maximum absolute atomic E-state index is 2.38. The molecule has 0 heterocycles. The Morgan fingerprint density at radius 3 is 1.00 bits per heavy atom. The van der Waals surface area contributed by atoms with Crippen LogP contribution in [0, 0.1) is 0 Å². The fourth-order valence-electron chi connectivity index (χ4n) is 4.57. The number of rotatable bonds is 19. The number of nitrogens with zero attached hydrogens (tertiary/aromatic N) is 4. The minimum Gasteiger partial charge on any atom is -1.00 e. The van der Waals surface area contributed by atoms with E-state index < -0.39 is 0 Å². The molecule has 0 aliphatic heterocycles. The van der Waals surface area contributed by atoms with Crippen LogP contribution in [0.4, 0.5) is 0 Å². The van der Waals surface area contributed by atoms with Crippen molar-refractivity contribution in [1.29, 1.82) is 0 Å². The van der Waals surface area contributed by atoms with Gasteiger partial charge in [0.05, 0.1) is 109 Å². The molecule has 0 aromatic rings. The highest BCUT2D eigenvalue weighted by atomic mass is 79.9. The molecule has 0 aliphatic rings. The summed E-state index contributed by atoms with van der Waals surface area (Å²) in [4.78, 5) is 0. The Hall–Kier alpha value is 1.38. The normalized spacial score (nSPS) is 10.3. The third-order valence-electron chi connectivity index (χ3n) is 7.25. The van der Waals surface area contributed by atoms with Gasteiger partial charge in [-0.15, -0.1) is 0 Å². The molecular formula is C34H90Br2Cl2N4. The van der Waals surface area contributed by atoms with E-state index in [1.807, 2.05) is 0 Å². The first-order valence-corrected chi connectivity index (χ1v) is 14.4. The molecule has 0 amide bonds. The van der Waals surface area contributed by atoms with Gasteiger partial charge in [-0.3, -0.25) is 0 Å². The second kappa shape index (κ2) is 40.4. The lowest BCUT2D eigenvalue weighted by Gasteiger charge is -2.37. The Kier molecular flexibility index (Phi) is 71.5. The topological polar surface area (TPSA) is 0 Å². The number of hydrogen-bond donors (Lipinski definition) is 0. The molecule has 0 bridgehead atoms. The minimum absolute atomic E-state index is 0. The average Bonchev–Trinajstić information content (AvgIpc) is 2.69. The van der Waals surface area contributed by atoms with Crippen molar-refractivity contribution in [3.05, 3.63) is 0 Å². The molecule has 0 saturated carbocycles. The first-order valence-electron chi connectivity index (χ1n) is 14.4. The number of unbranched alkanes of at least 4 members (excludes halogenated alkanes) is 5. The summed E-state index contributed by atoms with van der Waals surface area (Å²) in [5.41, 5.74) is 0. The van der Waals surface area contributed by atoms with Gasteiger partial charge in [-0.05, 0) is 33.1 Å². The van der Waals surface area contributed by atoms with Crippen molar-refractivity contribution < 1.29 is 76.7 Å². The van der Waals surface area contributed by atoms with E-state index in [-0.39, 0.29) is 95.9 Å². The summed E-state index contributed by atoms with van der Waals surface area (Å²) >= 11 is 0. The fourth-order valence-corrected chi connectivity index (χ4v) is 4.57. The molecule has 8 heteroatoms. The summed E-state index contributed by atoms with van der Waals surface area (Å²) in [6.07, 6.45) is 12.4. The Labute approximate surface area is 306 Å². The van der Waals surface area contributed by atoms with Gasteiger partial charge in [0.25, 0.3) is 0 Å². The van der Waals surface area contributed by atoms with Gasteiger partial charge in [0.15, 0.2) is 0 Å². The van der Waals surface area contributed by atoms with E-state index in [0.717, 1.165) is 8.97 Å². The van der Waals surface area contributed by atoms with Gasteiger partial charge in [-0.25, -0.2) is 0 Å². The van der Waals surface area contributed by atoms with Crippen molar-refractivity contribution >= 4 is 0 Å². The maximum atomic E-state index is 2.38. The van der Waals surface area contributed by atoms with Crippen molar-refractivity contribution in [2.45, 2.75) is 123 Å². The predicted molar refractivity (Wildman–Crippen MR) is 185 cm³/mol. The molecule has 0 aromatic heterocycles. The molecule has 0 saturated heterocycles. The molecular weight excluding hydrogens is 695 g/mol. The number of hydrogen-bond acceptors (Lipinski definition) is 0. The van der Waals surface area contributed by atoms with E-state index in [4.69, 9.17) is 0 Å². The van der Waals surface area contributed by atoms with Gasteiger partial charge in [-0.2, -0.15) is 0 Å². The van der Waals surface area contributed by atoms with Crippen LogP contribution in [0.1, 0.15) is 123 Å². The first kappa shape index (κ1) is 74.3. The van der Waals surface area contributed by atoms with Crippen molar-refractivity contribution in [1.82, 2.24) is 0 Å². The van der Waals surface area contributed by atoms with Crippen LogP contribution in [0.5, 0.6) is 0 Å². The van der Waals surface area contributed by atoms with Crippen molar-refractivity contribution in [3.63, 3.8) is 0 Å². The van der Waals surface area contributed by atoms with Crippen LogP contribution in [0.2, 0.25) is 0 Å². The van der Waals surface area contributed by atoms with Gasteiger partial charge in [0.2, 0.25) is 0 Å². The molecule has 0 N–H and O–H groups in total. The second-order valence-corrected chi connectivity index (χ2v) is 13.3. The van der Waals surface area contributed by atoms with Crippen LogP contribution < -0.4 is 58.8 Å².